The van der Waals surface area contributed by atoms with E-state index < -0.39 is 6.10 Å². The minimum atomic E-state index is -0.585. The van der Waals surface area contributed by atoms with Gasteiger partial charge in [-0.3, -0.25) is 0 Å². The van der Waals surface area contributed by atoms with Crippen LogP contribution in [0.1, 0.15) is 13.3 Å². The summed E-state index contributed by atoms with van der Waals surface area (Å²) in [5.41, 5.74) is 0. The molecule has 0 saturated carbocycles. The van der Waals surface area contributed by atoms with E-state index in [9.17, 15) is 0 Å². The van der Waals surface area contributed by atoms with Gasteiger partial charge in [-0.15, -0.1) is 6.58 Å². The summed E-state index contributed by atoms with van der Waals surface area (Å²) in [6.45, 7) is 5.35. The molecular formula is C7H14O2. The third-order valence-corrected chi connectivity index (χ3v) is 1.26. The summed E-state index contributed by atoms with van der Waals surface area (Å²) >= 11 is 0. The lowest BCUT2D eigenvalue weighted by Crippen LogP contribution is -2.14. The van der Waals surface area contributed by atoms with Crippen molar-refractivity contribution in [3.63, 3.8) is 0 Å². The Hall–Kier alpha value is -0.340. The molecule has 0 aliphatic rings. The van der Waals surface area contributed by atoms with Gasteiger partial charge in [0.1, 0.15) is 0 Å². The summed E-state index contributed by atoms with van der Waals surface area (Å²) in [5, 5.41) is 17.3. The van der Waals surface area contributed by atoms with Gasteiger partial charge in [-0.2, -0.15) is 0 Å². The summed E-state index contributed by atoms with van der Waals surface area (Å²) in [7, 11) is 0. The molecule has 0 aliphatic heterocycles. The van der Waals surface area contributed by atoms with Gasteiger partial charge < -0.3 is 10.2 Å². The van der Waals surface area contributed by atoms with E-state index in [0.29, 0.717) is 6.42 Å². The van der Waals surface area contributed by atoms with Crippen LogP contribution < -0.4 is 0 Å². The number of aliphatic hydroxyl groups is 2. The van der Waals surface area contributed by atoms with Crippen LogP contribution in [0.5, 0.6) is 0 Å². The minimum Gasteiger partial charge on any atom is -0.394 e. The van der Waals surface area contributed by atoms with Gasteiger partial charge in [-0.05, 0) is 12.3 Å². The number of hydrogen-bond acceptors (Lipinski definition) is 2. The molecule has 0 bridgehead atoms. The Bertz CT molecular complexity index is 81.0. The summed E-state index contributed by atoms with van der Waals surface area (Å²) in [6.07, 6.45) is 1.77. The van der Waals surface area contributed by atoms with Crippen molar-refractivity contribution in [2.24, 2.45) is 5.92 Å². The minimum absolute atomic E-state index is 0.155. The van der Waals surface area contributed by atoms with Crippen LogP contribution in [0.2, 0.25) is 0 Å². The van der Waals surface area contributed by atoms with Crippen LogP contribution >= 0.6 is 0 Å². The quantitative estimate of drug-likeness (QED) is 0.546. The van der Waals surface area contributed by atoms with Crippen molar-refractivity contribution in [2.75, 3.05) is 6.61 Å². The van der Waals surface area contributed by atoms with E-state index in [1.165, 1.54) is 0 Å². The van der Waals surface area contributed by atoms with Crippen LogP contribution in [-0.2, 0) is 0 Å². The number of rotatable bonds is 4. The molecule has 2 atom stereocenters. The normalized spacial score (nSPS) is 16.8. The fraction of sp³-hybridized carbons (Fsp3) is 0.714. The average molecular weight is 130 g/mol. The zero-order valence-electron chi connectivity index (χ0n) is 5.75. The highest BCUT2D eigenvalue weighted by molar-refractivity contribution is 4.76. The van der Waals surface area contributed by atoms with E-state index in [2.05, 4.69) is 6.58 Å². The van der Waals surface area contributed by atoms with Crippen LogP contribution in [0.3, 0.4) is 0 Å². The van der Waals surface area contributed by atoms with Crippen LogP contribution in [0, 0.1) is 5.92 Å². The first kappa shape index (κ1) is 8.66. The molecule has 54 valence electrons. The maximum atomic E-state index is 8.86. The predicted molar refractivity (Wildman–Crippen MR) is 37.1 cm³/mol. The molecule has 0 amide bonds. The molecule has 0 aromatic heterocycles. The highest BCUT2D eigenvalue weighted by atomic mass is 16.3. The van der Waals surface area contributed by atoms with Gasteiger partial charge in [-0.1, -0.05) is 13.0 Å². The zero-order valence-corrected chi connectivity index (χ0v) is 5.75. The standard InChI is InChI=1S/C7H14O2/c1-3-6(2)4-7(9)5-8/h3,6-9H,1,4-5H2,2H3/t6-,7+/m0/s1. The van der Waals surface area contributed by atoms with Crippen LogP contribution in [0.4, 0.5) is 0 Å². The Morgan fingerprint density at radius 2 is 2.22 bits per heavy atom. The topological polar surface area (TPSA) is 40.5 Å². The van der Waals surface area contributed by atoms with E-state index in [1.54, 1.807) is 6.08 Å². The Labute approximate surface area is 55.8 Å². The molecule has 9 heavy (non-hydrogen) atoms. The third kappa shape index (κ3) is 4.18. The van der Waals surface area contributed by atoms with Crippen molar-refractivity contribution in [1.29, 1.82) is 0 Å². The van der Waals surface area contributed by atoms with Crippen molar-refractivity contribution in [2.45, 2.75) is 19.4 Å². The molecule has 0 aromatic carbocycles. The molecule has 0 aliphatic carbocycles. The van der Waals surface area contributed by atoms with Crippen molar-refractivity contribution in [1.82, 2.24) is 0 Å². The Morgan fingerprint density at radius 3 is 2.56 bits per heavy atom. The van der Waals surface area contributed by atoms with Gasteiger partial charge in [0.15, 0.2) is 0 Å². The fourth-order valence-electron chi connectivity index (χ4n) is 0.600. The van der Waals surface area contributed by atoms with Crippen LogP contribution in [-0.4, -0.2) is 22.9 Å². The van der Waals surface area contributed by atoms with Gasteiger partial charge >= 0.3 is 0 Å². The molecule has 0 spiro atoms. The SMILES string of the molecule is C=C[C@H](C)C[C@@H](O)CO. The first-order chi connectivity index (χ1) is 4.20. The Balaban J connectivity index is 3.33. The van der Waals surface area contributed by atoms with Crippen LogP contribution in [0.15, 0.2) is 12.7 Å². The molecule has 0 saturated heterocycles. The predicted octanol–water partition coefficient (Wildman–Crippen LogP) is 0.552. The van der Waals surface area contributed by atoms with Crippen molar-refractivity contribution >= 4 is 0 Å². The molecule has 0 fully saturated rings. The molecule has 0 unspecified atom stereocenters. The van der Waals surface area contributed by atoms with Gasteiger partial charge in [-0.25, -0.2) is 0 Å². The van der Waals surface area contributed by atoms with Gasteiger partial charge in [0.2, 0.25) is 0 Å². The largest absolute Gasteiger partial charge is 0.394 e. The van der Waals surface area contributed by atoms with E-state index in [-0.39, 0.29) is 12.5 Å². The van der Waals surface area contributed by atoms with Gasteiger partial charge in [0, 0.05) is 0 Å². The lowest BCUT2D eigenvalue weighted by molar-refractivity contribution is 0.0810. The zero-order chi connectivity index (χ0) is 7.28. The second kappa shape index (κ2) is 4.53. The lowest BCUT2D eigenvalue weighted by atomic mass is 10.0. The van der Waals surface area contributed by atoms with Gasteiger partial charge in [0.05, 0.1) is 12.7 Å². The van der Waals surface area contributed by atoms with Gasteiger partial charge in [0.25, 0.3) is 0 Å². The number of allylic oxidation sites excluding steroid dienone is 1. The molecule has 0 aromatic rings. The van der Waals surface area contributed by atoms with E-state index in [4.69, 9.17) is 10.2 Å². The molecule has 2 N–H and O–H groups in total. The highest BCUT2D eigenvalue weighted by Gasteiger charge is 2.04. The highest BCUT2D eigenvalue weighted by Crippen LogP contribution is 2.05. The first-order valence-electron chi connectivity index (χ1n) is 3.12. The van der Waals surface area contributed by atoms with E-state index in [1.807, 2.05) is 6.92 Å². The molecule has 2 heteroatoms. The van der Waals surface area contributed by atoms with Crippen molar-refractivity contribution in [3.05, 3.63) is 12.7 Å². The lowest BCUT2D eigenvalue weighted by Gasteiger charge is -2.09. The first-order valence-corrected chi connectivity index (χ1v) is 3.12. The smallest absolute Gasteiger partial charge is 0.0776 e. The number of aliphatic hydroxyl groups excluding tert-OH is 2. The molecule has 0 rings (SSSR count). The summed E-state index contributed by atoms with van der Waals surface area (Å²) in [4.78, 5) is 0. The number of hydrogen-bond donors (Lipinski definition) is 2. The summed E-state index contributed by atoms with van der Waals surface area (Å²) in [6, 6.07) is 0. The summed E-state index contributed by atoms with van der Waals surface area (Å²) < 4.78 is 0. The maximum absolute atomic E-state index is 8.86. The molecule has 0 radical (unpaired) electrons. The monoisotopic (exact) mass is 130 g/mol. The van der Waals surface area contributed by atoms with Crippen molar-refractivity contribution in [3.8, 4) is 0 Å². The molecule has 0 heterocycles. The summed E-state index contributed by atoms with van der Waals surface area (Å²) in [5.74, 6) is 0.284. The Kier molecular flexibility index (Phi) is 4.36. The van der Waals surface area contributed by atoms with Crippen molar-refractivity contribution < 1.29 is 10.2 Å². The third-order valence-electron chi connectivity index (χ3n) is 1.26. The average Bonchev–Trinajstić information content (AvgIpc) is 1.87. The van der Waals surface area contributed by atoms with E-state index >= 15 is 0 Å². The molecule has 2 nitrogen and oxygen atoms in total. The Morgan fingerprint density at radius 1 is 1.67 bits per heavy atom. The molecular weight excluding hydrogens is 116 g/mol. The second-order valence-corrected chi connectivity index (χ2v) is 2.29. The second-order valence-electron chi connectivity index (χ2n) is 2.29. The van der Waals surface area contributed by atoms with E-state index in [0.717, 1.165) is 0 Å². The van der Waals surface area contributed by atoms with Crippen LogP contribution in [0.25, 0.3) is 0 Å². The fourth-order valence-corrected chi connectivity index (χ4v) is 0.600. The maximum Gasteiger partial charge on any atom is 0.0776 e.